The smallest absolute Gasteiger partial charge is 0.0615 e. The van der Waals surface area contributed by atoms with Crippen LogP contribution >= 0.6 is 0 Å². The molecule has 1 saturated carbocycles. The second-order valence-corrected chi connectivity index (χ2v) is 5.38. The molecule has 0 radical (unpaired) electrons. The van der Waals surface area contributed by atoms with Crippen LogP contribution in [0.4, 0.5) is 0 Å². The maximum atomic E-state index is 5.29. The Labute approximate surface area is 99.5 Å². The number of nitrogens with zero attached hydrogens (tertiary/aromatic N) is 1. The number of hydrogen-bond donors (Lipinski definition) is 1. The van der Waals surface area contributed by atoms with Gasteiger partial charge in [0.1, 0.15) is 0 Å². The Hall–Kier alpha value is -0.120. The van der Waals surface area contributed by atoms with Gasteiger partial charge in [-0.1, -0.05) is 6.42 Å². The Morgan fingerprint density at radius 1 is 1.31 bits per heavy atom. The van der Waals surface area contributed by atoms with Crippen molar-refractivity contribution in [1.29, 1.82) is 0 Å². The summed E-state index contributed by atoms with van der Waals surface area (Å²) in [4.78, 5) is 2.66. The van der Waals surface area contributed by atoms with Gasteiger partial charge >= 0.3 is 0 Å². The summed E-state index contributed by atoms with van der Waals surface area (Å²) in [6.07, 6.45) is 6.88. The normalized spacial score (nSPS) is 28.3. The zero-order chi connectivity index (χ0) is 11.4. The third-order valence-corrected chi connectivity index (χ3v) is 3.83. The predicted octanol–water partition coefficient (Wildman–Crippen LogP) is 1.63. The number of ether oxygens (including phenoxy) is 1. The molecule has 2 atom stereocenters. The molecule has 1 N–H and O–H groups in total. The van der Waals surface area contributed by atoms with Crippen LogP contribution in [0.25, 0.3) is 0 Å². The molecule has 1 aliphatic carbocycles. The summed E-state index contributed by atoms with van der Waals surface area (Å²) in [5, 5.41) is 3.65. The van der Waals surface area contributed by atoms with E-state index < -0.39 is 0 Å². The fourth-order valence-electron chi connectivity index (χ4n) is 2.77. The molecular formula is C13H26N2O. The second kappa shape index (κ2) is 5.99. The van der Waals surface area contributed by atoms with Crippen LogP contribution < -0.4 is 5.32 Å². The van der Waals surface area contributed by atoms with Crippen molar-refractivity contribution in [2.45, 2.75) is 57.2 Å². The maximum Gasteiger partial charge on any atom is 0.0615 e. The standard InChI is InChI=1S/C13H26N2O/c1-11(10-16-2)15(13-6-7-13)9-12-5-3-4-8-14-12/h11-14H,3-10H2,1-2H3. The summed E-state index contributed by atoms with van der Waals surface area (Å²) >= 11 is 0. The van der Waals surface area contributed by atoms with Crippen LogP contribution in [0.5, 0.6) is 0 Å². The first-order valence-corrected chi connectivity index (χ1v) is 6.79. The van der Waals surface area contributed by atoms with Crippen LogP contribution in [0.15, 0.2) is 0 Å². The van der Waals surface area contributed by atoms with E-state index >= 15 is 0 Å². The SMILES string of the molecule is COCC(C)N(CC1CCCCN1)C1CC1. The van der Waals surface area contributed by atoms with Crippen LogP contribution in [0.3, 0.4) is 0 Å². The van der Waals surface area contributed by atoms with E-state index in [1.165, 1.54) is 45.2 Å². The van der Waals surface area contributed by atoms with Crippen molar-refractivity contribution in [3.8, 4) is 0 Å². The molecule has 2 rings (SSSR count). The third-order valence-electron chi connectivity index (χ3n) is 3.83. The first kappa shape index (κ1) is 12.3. The van der Waals surface area contributed by atoms with E-state index in [4.69, 9.17) is 4.74 Å². The Kier molecular flexibility index (Phi) is 4.62. The molecule has 2 unspecified atom stereocenters. The lowest BCUT2D eigenvalue weighted by Crippen LogP contribution is -2.48. The minimum atomic E-state index is 0.571. The highest BCUT2D eigenvalue weighted by molar-refractivity contribution is 4.90. The zero-order valence-corrected chi connectivity index (χ0v) is 10.7. The topological polar surface area (TPSA) is 24.5 Å². The minimum Gasteiger partial charge on any atom is -0.383 e. The van der Waals surface area contributed by atoms with Crippen LogP contribution in [-0.2, 0) is 4.74 Å². The summed E-state index contributed by atoms with van der Waals surface area (Å²) < 4.78 is 5.29. The molecule has 0 aromatic heterocycles. The van der Waals surface area contributed by atoms with E-state index in [0.29, 0.717) is 12.1 Å². The van der Waals surface area contributed by atoms with Crippen molar-refractivity contribution in [2.75, 3.05) is 26.8 Å². The molecule has 0 spiro atoms. The summed E-state index contributed by atoms with van der Waals surface area (Å²) in [5.41, 5.74) is 0. The van der Waals surface area contributed by atoms with E-state index in [1.807, 2.05) is 0 Å². The summed E-state index contributed by atoms with van der Waals surface area (Å²) in [7, 11) is 1.81. The van der Waals surface area contributed by atoms with Crippen LogP contribution in [0, 0.1) is 0 Å². The van der Waals surface area contributed by atoms with Crippen LogP contribution in [0.2, 0.25) is 0 Å². The average Bonchev–Trinajstić information content (AvgIpc) is 3.11. The predicted molar refractivity (Wildman–Crippen MR) is 66.7 cm³/mol. The van der Waals surface area contributed by atoms with Gasteiger partial charge in [-0.25, -0.2) is 0 Å². The van der Waals surface area contributed by atoms with E-state index in [-0.39, 0.29) is 0 Å². The number of methoxy groups -OCH3 is 1. The number of piperidine rings is 1. The number of hydrogen-bond acceptors (Lipinski definition) is 3. The summed E-state index contributed by atoms with van der Waals surface area (Å²) in [6, 6.07) is 2.13. The van der Waals surface area contributed by atoms with Gasteiger partial charge in [-0.05, 0) is 39.2 Å². The van der Waals surface area contributed by atoms with Crippen molar-refractivity contribution in [3.05, 3.63) is 0 Å². The molecule has 0 amide bonds. The summed E-state index contributed by atoms with van der Waals surface area (Å²) in [6.45, 7) is 5.59. The Bertz CT molecular complexity index is 200. The Morgan fingerprint density at radius 3 is 2.69 bits per heavy atom. The highest BCUT2D eigenvalue weighted by atomic mass is 16.5. The van der Waals surface area contributed by atoms with Gasteiger partial charge in [0.15, 0.2) is 0 Å². The van der Waals surface area contributed by atoms with E-state index in [9.17, 15) is 0 Å². The monoisotopic (exact) mass is 226 g/mol. The van der Waals surface area contributed by atoms with Gasteiger partial charge in [-0.15, -0.1) is 0 Å². The fourth-order valence-corrected chi connectivity index (χ4v) is 2.77. The van der Waals surface area contributed by atoms with Gasteiger partial charge in [0.25, 0.3) is 0 Å². The third kappa shape index (κ3) is 3.44. The van der Waals surface area contributed by atoms with Gasteiger partial charge in [-0.2, -0.15) is 0 Å². The molecule has 2 fully saturated rings. The molecular weight excluding hydrogens is 200 g/mol. The molecule has 1 aliphatic heterocycles. The van der Waals surface area contributed by atoms with Gasteiger partial charge in [0, 0.05) is 31.8 Å². The second-order valence-electron chi connectivity index (χ2n) is 5.38. The van der Waals surface area contributed by atoms with Crippen LogP contribution in [0.1, 0.15) is 39.0 Å². The van der Waals surface area contributed by atoms with Gasteiger partial charge < -0.3 is 10.1 Å². The lowest BCUT2D eigenvalue weighted by atomic mass is 10.0. The lowest BCUT2D eigenvalue weighted by molar-refractivity contribution is 0.0839. The van der Waals surface area contributed by atoms with Gasteiger partial charge in [-0.3, -0.25) is 4.90 Å². The Morgan fingerprint density at radius 2 is 2.12 bits per heavy atom. The van der Waals surface area contributed by atoms with E-state index in [1.54, 1.807) is 7.11 Å². The fraction of sp³-hybridized carbons (Fsp3) is 1.00. The molecule has 0 aromatic rings. The van der Waals surface area contributed by atoms with Crippen molar-refractivity contribution >= 4 is 0 Å². The molecule has 3 nitrogen and oxygen atoms in total. The summed E-state index contributed by atoms with van der Waals surface area (Å²) in [5.74, 6) is 0. The molecule has 0 bridgehead atoms. The first-order valence-electron chi connectivity index (χ1n) is 6.79. The van der Waals surface area contributed by atoms with Crippen LogP contribution in [-0.4, -0.2) is 49.8 Å². The van der Waals surface area contributed by atoms with Crippen molar-refractivity contribution in [1.82, 2.24) is 10.2 Å². The first-order chi connectivity index (χ1) is 7.81. The van der Waals surface area contributed by atoms with E-state index in [2.05, 4.69) is 17.1 Å². The molecule has 1 saturated heterocycles. The molecule has 3 heteroatoms. The highest BCUT2D eigenvalue weighted by Gasteiger charge is 2.33. The van der Waals surface area contributed by atoms with Crippen molar-refractivity contribution in [2.24, 2.45) is 0 Å². The van der Waals surface area contributed by atoms with Crippen molar-refractivity contribution < 1.29 is 4.74 Å². The molecule has 16 heavy (non-hydrogen) atoms. The number of rotatable bonds is 6. The highest BCUT2D eigenvalue weighted by Crippen LogP contribution is 2.29. The largest absolute Gasteiger partial charge is 0.383 e. The van der Waals surface area contributed by atoms with Gasteiger partial charge in [0.2, 0.25) is 0 Å². The maximum absolute atomic E-state index is 5.29. The van der Waals surface area contributed by atoms with Gasteiger partial charge in [0.05, 0.1) is 6.61 Å². The minimum absolute atomic E-state index is 0.571. The molecule has 1 heterocycles. The molecule has 0 aromatic carbocycles. The quantitative estimate of drug-likeness (QED) is 0.745. The number of nitrogens with one attached hydrogen (secondary N) is 1. The molecule has 94 valence electrons. The lowest BCUT2D eigenvalue weighted by Gasteiger charge is -2.34. The average molecular weight is 226 g/mol. The van der Waals surface area contributed by atoms with Crippen molar-refractivity contribution in [3.63, 3.8) is 0 Å². The molecule has 2 aliphatic rings. The van der Waals surface area contributed by atoms with E-state index in [0.717, 1.165) is 12.6 Å². The zero-order valence-electron chi connectivity index (χ0n) is 10.7. The Balaban J connectivity index is 1.81.